The van der Waals surface area contributed by atoms with E-state index < -0.39 is 0 Å². The summed E-state index contributed by atoms with van der Waals surface area (Å²) in [5.74, 6) is 0. The molecular formula is C12H18S4Si2. The Labute approximate surface area is 131 Å². The van der Waals surface area contributed by atoms with Gasteiger partial charge in [0.2, 0.25) is 0 Å². The summed E-state index contributed by atoms with van der Waals surface area (Å²) in [5.41, 5.74) is 0. The lowest BCUT2D eigenvalue weighted by Gasteiger charge is -2.08. The van der Waals surface area contributed by atoms with Crippen LogP contribution in [0.5, 0.6) is 0 Å². The van der Waals surface area contributed by atoms with Crippen LogP contribution in [-0.2, 0) is 0 Å². The van der Waals surface area contributed by atoms with E-state index in [1.807, 2.05) is 23.5 Å². The fraction of sp³-hybridized carbons (Fsp3) is 0.500. The maximum atomic E-state index is 2.43. The molecule has 2 aliphatic rings. The van der Waals surface area contributed by atoms with Gasteiger partial charge < -0.3 is 0 Å². The molecule has 0 saturated carbocycles. The molecule has 2 aliphatic heterocycles. The molecule has 18 heavy (non-hydrogen) atoms. The molecule has 0 amide bonds. The lowest BCUT2D eigenvalue weighted by atomic mass is 10.6. The van der Waals surface area contributed by atoms with Gasteiger partial charge in [0.15, 0.2) is 0 Å². The van der Waals surface area contributed by atoms with Crippen molar-refractivity contribution in [1.82, 2.24) is 0 Å². The van der Waals surface area contributed by atoms with Crippen molar-refractivity contribution >= 4 is 64.6 Å². The predicted molar refractivity (Wildman–Crippen MR) is 97.8 cm³/mol. The molecule has 0 aromatic rings. The molecule has 0 N–H and O–H groups in total. The number of allylic oxidation sites excluding steroid dienone is 2. The van der Waals surface area contributed by atoms with Crippen molar-refractivity contribution in [2.75, 3.05) is 0 Å². The van der Waals surface area contributed by atoms with Gasteiger partial charge in [-0.3, -0.25) is 0 Å². The zero-order valence-corrected chi connectivity index (χ0v) is 16.9. The molecule has 2 heterocycles. The topological polar surface area (TPSA) is 0 Å². The van der Waals surface area contributed by atoms with Gasteiger partial charge in [-0.1, -0.05) is 73.2 Å². The molecule has 0 saturated heterocycles. The minimum atomic E-state index is -0.312. The SMILES string of the molecule is CC1=C(C)SC(=C2SC([Si](C)C)=C([Si](C)C)S2)S1. The first kappa shape index (κ1) is 15.4. The van der Waals surface area contributed by atoms with Crippen molar-refractivity contribution < 1.29 is 0 Å². The quantitative estimate of drug-likeness (QED) is 0.552. The lowest BCUT2D eigenvalue weighted by Crippen LogP contribution is -2.09. The molecule has 0 aromatic carbocycles. The van der Waals surface area contributed by atoms with E-state index in [9.17, 15) is 0 Å². The van der Waals surface area contributed by atoms with Crippen molar-refractivity contribution in [1.29, 1.82) is 0 Å². The molecule has 0 aliphatic carbocycles. The van der Waals surface area contributed by atoms with E-state index in [4.69, 9.17) is 0 Å². The van der Waals surface area contributed by atoms with Gasteiger partial charge in [0, 0.05) is 0 Å². The largest absolute Gasteiger partial charge is 0.0899 e. The van der Waals surface area contributed by atoms with Crippen LogP contribution >= 0.6 is 47.0 Å². The summed E-state index contributed by atoms with van der Waals surface area (Å²) >= 11 is 8.11. The van der Waals surface area contributed by atoms with Gasteiger partial charge in [-0.2, -0.15) is 0 Å². The Balaban J connectivity index is 2.22. The molecule has 0 aromatic heterocycles. The van der Waals surface area contributed by atoms with Crippen LogP contribution in [0.4, 0.5) is 0 Å². The van der Waals surface area contributed by atoms with Crippen LogP contribution in [-0.4, -0.2) is 17.6 Å². The number of hydrogen-bond acceptors (Lipinski definition) is 4. The van der Waals surface area contributed by atoms with Crippen LogP contribution in [0.1, 0.15) is 13.8 Å². The Morgan fingerprint density at radius 1 is 0.611 bits per heavy atom. The summed E-state index contributed by atoms with van der Waals surface area (Å²) < 4.78 is 6.55. The van der Waals surface area contributed by atoms with E-state index in [0.29, 0.717) is 0 Å². The molecular weight excluding hydrogens is 329 g/mol. The van der Waals surface area contributed by atoms with Crippen molar-refractivity contribution in [2.24, 2.45) is 0 Å². The molecule has 0 atom stereocenters. The van der Waals surface area contributed by atoms with Crippen molar-refractivity contribution in [2.45, 2.75) is 40.0 Å². The second-order valence-electron chi connectivity index (χ2n) is 4.75. The summed E-state index contributed by atoms with van der Waals surface area (Å²) in [5, 5.41) is 0. The van der Waals surface area contributed by atoms with Crippen LogP contribution in [0.2, 0.25) is 26.2 Å². The summed E-state index contributed by atoms with van der Waals surface area (Å²) in [4.78, 5) is 2.96. The van der Waals surface area contributed by atoms with Gasteiger partial charge in [-0.15, -0.1) is 0 Å². The van der Waals surface area contributed by atoms with Gasteiger partial charge in [-0.25, -0.2) is 0 Å². The monoisotopic (exact) mass is 346 g/mol. The zero-order chi connectivity index (χ0) is 13.4. The average molecular weight is 347 g/mol. The molecule has 0 fully saturated rings. The maximum absolute atomic E-state index is 2.43. The number of thioether (sulfide) groups is 4. The second kappa shape index (κ2) is 6.22. The first-order valence-corrected chi connectivity index (χ1v) is 14.1. The first-order chi connectivity index (χ1) is 8.40. The van der Waals surface area contributed by atoms with E-state index in [-0.39, 0.29) is 17.6 Å². The number of rotatable bonds is 2. The van der Waals surface area contributed by atoms with Crippen molar-refractivity contribution in [3.63, 3.8) is 0 Å². The predicted octanol–water partition coefficient (Wildman–Crippen LogP) is 6.12. The Morgan fingerprint density at radius 3 is 1.28 bits per heavy atom. The lowest BCUT2D eigenvalue weighted by molar-refractivity contribution is 1.57. The molecule has 2 rings (SSSR count). The molecule has 0 spiro atoms. The molecule has 6 heteroatoms. The Morgan fingerprint density at radius 2 is 0.944 bits per heavy atom. The minimum absolute atomic E-state index is 0.312. The van der Waals surface area contributed by atoms with E-state index in [1.165, 1.54) is 14.0 Å². The Hall–Kier alpha value is 1.05. The second-order valence-corrected chi connectivity index (χ2v) is 15.5. The Kier molecular flexibility index (Phi) is 5.34. The highest BCUT2D eigenvalue weighted by Gasteiger charge is 2.30. The van der Waals surface area contributed by atoms with E-state index >= 15 is 0 Å². The third-order valence-corrected chi connectivity index (χ3v) is 14.0. The van der Waals surface area contributed by atoms with Crippen LogP contribution in [0, 0.1) is 0 Å². The molecule has 0 unspecified atom stereocenters. The van der Waals surface area contributed by atoms with Crippen molar-refractivity contribution in [3.8, 4) is 0 Å². The molecule has 0 bridgehead atoms. The maximum Gasteiger partial charge on any atom is 0.0888 e. The highest BCUT2D eigenvalue weighted by Crippen LogP contribution is 2.60. The average Bonchev–Trinajstić information content (AvgIpc) is 2.83. The number of hydrogen-bond donors (Lipinski definition) is 0. The fourth-order valence-electron chi connectivity index (χ4n) is 1.57. The summed E-state index contributed by atoms with van der Waals surface area (Å²) in [6.07, 6.45) is 0. The third-order valence-electron chi connectivity index (χ3n) is 2.66. The summed E-state index contributed by atoms with van der Waals surface area (Å²) in [7, 11) is -0.624. The zero-order valence-electron chi connectivity index (χ0n) is 11.6. The minimum Gasteiger partial charge on any atom is -0.0899 e. The smallest absolute Gasteiger partial charge is 0.0888 e. The van der Waals surface area contributed by atoms with Gasteiger partial charge in [0.1, 0.15) is 0 Å². The third kappa shape index (κ3) is 3.20. The normalized spacial score (nSPS) is 21.3. The van der Waals surface area contributed by atoms with Gasteiger partial charge >= 0.3 is 0 Å². The van der Waals surface area contributed by atoms with Crippen LogP contribution in [0.15, 0.2) is 27.3 Å². The summed E-state index contributed by atoms with van der Waals surface area (Å²) in [6, 6.07) is 0. The van der Waals surface area contributed by atoms with E-state index in [2.05, 4.69) is 63.6 Å². The van der Waals surface area contributed by atoms with Crippen LogP contribution < -0.4 is 0 Å². The van der Waals surface area contributed by atoms with Crippen molar-refractivity contribution in [3.05, 3.63) is 27.3 Å². The van der Waals surface area contributed by atoms with Gasteiger partial charge in [-0.05, 0) is 32.7 Å². The fourth-order valence-corrected chi connectivity index (χ4v) is 13.0. The van der Waals surface area contributed by atoms with E-state index in [0.717, 1.165) is 0 Å². The van der Waals surface area contributed by atoms with Gasteiger partial charge in [0.05, 0.1) is 26.1 Å². The van der Waals surface area contributed by atoms with Gasteiger partial charge in [0.25, 0.3) is 0 Å². The van der Waals surface area contributed by atoms with Crippen LogP contribution in [0.25, 0.3) is 0 Å². The highest BCUT2D eigenvalue weighted by atomic mass is 32.2. The first-order valence-electron chi connectivity index (χ1n) is 5.88. The Bertz CT molecular complexity index is 423. The van der Waals surface area contributed by atoms with Crippen LogP contribution in [0.3, 0.4) is 0 Å². The molecule has 98 valence electrons. The standard InChI is InChI=1S/C12H18S4Si2/c1-7-8(2)14-9(13-7)10-15-11(17(3)4)12(16-10)18(5)6/h1-6H3. The highest BCUT2D eigenvalue weighted by molar-refractivity contribution is 8.35. The summed E-state index contributed by atoms with van der Waals surface area (Å²) in [6.45, 7) is 14.2. The molecule has 0 nitrogen and oxygen atoms in total. The molecule has 2 radical (unpaired) electrons. The van der Waals surface area contributed by atoms with E-state index in [1.54, 1.807) is 13.3 Å².